The maximum atomic E-state index is 9.16. The SMILES string of the molecule is Brc1cnc2[nH]ccc2c1.C.C.C.OB(O)c1ccccc1Oc1ccccc1.c1ccc(Oc2ccccc2-c2cnc3[nH]ccc3c2)cc1. The van der Waals surface area contributed by atoms with Crippen LogP contribution in [0.15, 0.2) is 163 Å². The Morgan fingerprint density at radius 2 is 1.04 bits per heavy atom. The number of ether oxygens (including phenoxy) is 2. The predicted molar refractivity (Wildman–Crippen MR) is 215 cm³/mol. The lowest BCUT2D eigenvalue weighted by molar-refractivity contribution is 0.420. The van der Waals surface area contributed by atoms with Crippen LogP contribution in [-0.4, -0.2) is 37.1 Å². The minimum Gasteiger partial charge on any atom is -0.458 e. The number of para-hydroxylation sites is 4. The fourth-order valence-corrected chi connectivity index (χ4v) is 5.16. The molecular formula is C41H42BBrN4O4. The third-order valence-electron chi connectivity index (χ3n) is 7.10. The van der Waals surface area contributed by atoms with Gasteiger partial charge in [-0.3, -0.25) is 0 Å². The molecule has 0 fully saturated rings. The quantitative estimate of drug-likeness (QED) is 0.126. The summed E-state index contributed by atoms with van der Waals surface area (Å²) in [5.41, 5.74) is 4.25. The van der Waals surface area contributed by atoms with Crippen molar-refractivity contribution in [1.29, 1.82) is 0 Å². The molecule has 0 atom stereocenters. The summed E-state index contributed by atoms with van der Waals surface area (Å²) in [6.07, 6.45) is 7.42. The highest BCUT2D eigenvalue weighted by molar-refractivity contribution is 9.10. The van der Waals surface area contributed by atoms with Crippen LogP contribution in [0.5, 0.6) is 23.0 Å². The van der Waals surface area contributed by atoms with E-state index >= 15 is 0 Å². The number of fused-ring (bicyclic) bond motifs is 2. The van der Waals surface area contributed by atoms with Crippen LogP contribution in [0.1, 0.15) is 22.3 Å². The summed E-state index contributed by atoms with van der Waals surface area (Å²) < 4.78 is 12.6. The number of aromatic nitrogens is 4. The number of halogens is 1. The van der Waals surface area contributed by atoms with Crippen LogP contribution >= 0.6 is 15.9 Å². The van der Waals surface area contributed by atoms with Gasteiger partial charge in [-0.1, -0.05) is 95.1 Å². The molecule has 260 valence electrons. The van der Waals surface area contributed by atoms with Gasteiger partial charge in [0.1, 0.15) is 34.3 Å². The highest BCUT2D eigenvalue weighted by Crippen LogP contribution is 2.33. The van der Waals surface area contributed by atoms with Gasteiger partial charge < -0.3 is 29.5 Å². The largest absolute Gasteiger partial charge is 0.492 e. The summed E-state index contributed by atoms with van der Waals surface area (Å²) in [4.78, 5) is 14.7. The molecule has 4 heterocycles. The maximum Gasteiger partial charge on any atom is 0.492 e. The third kappa shape index (κ3) is 10.7. The van der Waals surface area contributed by atoms with Gasteiger partial charge in [0.05, 0.1) is 0 Å². The molecule has 4 aromatic carbocycles. The van der Waals surface area contributed by atoms with Crippen molar-refractivity contribution in [2.24, 2.45) is 0 Å². The molecule has 0 aliphatic carbocycles. The van der Waals surface area contributed by atoms with Gasteiger partial charge in [-0.05, 0) is 76.6 Å². The normalized spacial score (nSPS) is 9.78. The van der Waals surface area contributed by atoms with Crippen LogP contribution in [0.3, 0.4) is 0 Å². The van der Waals surface area contributed by atoms with Crippen LogP contribution < -0.4 is 14.9 Å². The molecule has 0 spiro atoms. The molecule has 0 bridgehead atoms. The van der Waals surface area contributed by atoms with E-state index in [1.54, 1.807) is 42.6 Å². The number of hydrogen-bond donors (Lipinski definition) is 4. The van der Waals surface area contributed by atoms with Crippen molar-refractivity contribution in [2.75, 3.05) is 0 Å². The number of nitrogens with one attached hydrogen (secondary N) is 2. The topological polar surface area (TPSA) is 116 Å². The Morgan fingerprint density at radius 3 is 1.65 bits per heavy atom. The Morgan fingerprint density at radius 1 is 0.549 bits per heavy atom. The highest BCUT2D eigenvalue weighted by atomic mass is 79.9. The van der Waals surface area contributed by atoms with Gasteiger partial charge >= 0.3 is 7.12 Å². The molecule has 0 saturated carbocycles. The van der Waals surface area contributed by atoms with E-state index in [1.807, 2.05) is 110 Å². The van der Waals surface area contributed by atoms with Crippen molar-refractivity contribution in [3.63, 3.8) is 0 Å². The second-order valence-corrected chi connectivity index (χ2v) is 11.4. The zero-order valence-electron chi connectivity index (χ0n) is 25.6. The highest BCUT2D eigenvalue weighted by Gasteiger charge is 2.16. The van der Waals surface area contributed by atoms with E-state index in [-0.39, 0.29) is 22.3 Å². The van der Waals surface area contributed by atoms with Gasteiger partial charge in [0.2, 0.25) is 0 Å². The van der Waals surface area contributed by atoms with Gasteiger partial charge in [0.15, 0.2) is 0 Å². The fraction of sp³-hybridized carbons (Fsp3) is 0.0732. The van der Waals surface area contributed by atoms with Crippen molar-refractivity contribution >= 4 is 50.6 Å². The number of hydrogen-bond acceptors (Lipinski definition) is 6. The molecular weight excluding hydrogens is 703 g/mol. The minimum absolute atomic E-state index is 0. The second-order valence-electron chi connectivity index (χ2n) is 10.4. The van der Waals surface area contributed by atoms with Crippen LogP contribution in [0, 0.1) is 0 Å². The Kier molecular flexibility index (Phi) is 15.2. The maximum absolute atomic E-state index is 9.16. The number of benzene rings is 4. The lowest BCUT2D eigenvalue weighted by atomic mass is 9.79. The molecule has 0 radical (unpaired) electrons. The number of H-pyrrole nitrogens is 2. The first-order valence-electron chi connectivity index (χ1n) is 15.1. The van der Waals surface area contributed by atoms with E-state index in [2.05, 4.69) is 41.9 Å². The summed E-state index contributed by atoms with van der Waals surface area (Å²) in [5.74, 6) is 2.76. The van der Waals surface area contributed by atoms with Crippen LogP contribution in [0.25, 0.3) is 33.2 Å². The molecule has 10 heteroatoms. The first-order chi connectivity index (χ1) is 23.5. The van der Waals surface area contributed by atoms with Gasteiger partial charge in [0.25, 0.3) is 0 Å². The molecule has 51 heavy (non-hydrogen) atoms. The van der Waals surface area contributed by atoms with E-state index < -0.39 is 7.12 Å². The van der Waals surface area contributed by atoms with Crippen molar-refractivity contribution in [3.05, 3.63) is 163 Å². The molecule has 4 N–H and O–H groups in total. The Hall–Kier alpha value is -5.68. The van der Waals surface area contributed by atoms with Crippen LogP contribution in [0.2, 0.25) is 0 Å². The zero-order chi connectivity index (χ0) is 33.1. The monoisotopic (exact) mass is 744 g/mol. The standard InChI is InChI=1S/C19H14N2O.C12H11BO3.C7H5BrN2.3CH4/c1-2-6-16(7-3-1)22-18-9-5-4-8-17(18)15-12-14-10-11-20-19(14)21-13-15;14-13(15)11-8-4-5-9-12(11)16-10-6-2-1-3-7-10;8-6-3-5-1-2-9-7(5)10-4-6;;;/h1-13H,(H,20,21);1-9,14-15H;1-4H,(H,9,10);3*1H4. The molecule has 0 aliphatic heterocycles. The Balaban J connectivity index is 0.000000214. The van der Waals surface area contributed by atoms with E-state index in [4.69, 9.17) is 19.5 Å². The Bertz CT molecular complexity index is 2210. The smallest absolute Gasteiger partial charge is 0.458 e. The summed E-state index contributed by atoms with van der Waals surface area (Å²) in [6.45, 7) is 0. The Labute approximate surface area is 308 Å². The van der Waals surface area contributed by atoms with Gasteiger partial charge in [-0.15, -0.1) is 0 Å². The van der Waals surface area contributed by atoms with Crippen LogP contribution in [0.4, 0.5) is 0 Å². The van der Waals surface area contributed by atoms with E-state index in [9.17, 15) is 0 Å². The van der Waals surface area contributed by atoms with Crippen LogP contribution in [-0.2, 0) is 0 Å². The van der Waals surface area contributed by atoms with Crippen molar-refractivity contribution in [3.8, 4) is 34.1 Å². The minimum atomic E-state index is -1.53. The second kappa shape index (κ2) is 19.5. The average Bonchev–Trinajstić information content (AvgIpc) is 3.79. The van der Waals surface area contributed by atoms with Crippen molar-refractivity contribution in [2.45, 2.75) is 22.3 Å². The summed E-state index contributed by atoms with van der Waals surface area (Å²) >= 11 is 3.34. The zero-order valence-corrected chi connectivity index (χ0v) is 27.2. The molecule has 8 rings (SSSR count). The molecule has 0 aliphatic rings. The fourth-order valence-electron chi connectivity index (χ4n) is 4.81. The molecule has 0 amide bonds. The summed E-state index contributed by atoms with van der Waals surface area (Å²) in [6, 6.07) is 42.0. The van der Waals surface area contributed by atoms with E-state index in [0.29, 0.717) is 17.0 Å². The summed E-state index contributed by atoms with van der Waals surface area (Å²) in [5, 5.41) is 20.5. The molecule has 8 aromatic rings. The van der Waals surface area contributed by atoms with Gasteiger partial charge in [-0.2, -0.15) is 0 Å². The number of pyridine rings is 2. The molecule has 4 aromatic heterocycles. The van der Waals surface area contributed by atoms with Crippen molar-refractivity contribution < 1.29 is 19.5 Å². The van der Waals surface area contributed by atoms with Gasteiger partial charge in [-0.25, -0.2) is 9.97 Å². The number of rotatable bonds is 6. The third-order valence-corrected chi connectivity index (χ3v) is 7.54. The van der Waals surface area contributed by atoms with Crippen molar-refractivity contribution in [1.82, 2.24) is 19.9 Å². The lowest BCUT2D eigenvalue weighted by Crippen LogP contribution is -2.30. The lowest BCUT2D eigenvalue weighted by Gasteiger charge is -2.11. The summed E-state index contributed by atoms with van der Waals surface area (Å²) in [7, 11) is -1.53. The first kappa shape index (κ1) is 39.8. The van der Waals surface area contributed by atoms with E-state index in [1.165, 1.54) is 0 Å². The molecule has 0 unspecified atom stereocenters. The predicted octanol–water partition coefficient (Wildman–Crippen LogP) is 10.4. The average molecular weight is 746 g/mol. The van der Waals surface area contributed by atoms with Gasteiger partial charge in [0, 0.05) is 56.6 Å². The number of aromatic amines is 2. The first-order valence-corrected chi connectivity index (χ1v) is 15.8. The molecule has 8 nitrogen and oxygen atoms in total. The number of nitrogens with zero attached hydrogens (tertiary/aromatic N) is 2. The molecule has 0 saturated heterocycles. The van der Waals surface area contributed by atoms with E-state index in [0.717, 1.165) is 49.2 Å².